The van der Waals surface area contributed by atoms with Crippen molar-refractivity contribution in [2.45, 2.75) is 24.7 Å². The van der Waals surface area contributed by atoms with E-state index >= 15 is 0 Å². The third-order valence-corrected chi connectivity index (χ3v) is 4.15. The maximum absolute atomic E-state index is 9.21. The highest BCUT2D eigenvalue weighted by molar-refractivity contribution is 7.99. The lowest BCUT2D eigenvalue weighted by Crippen LogP contribution is -2.12. The van der Waals surface area contributed by atoms with Crippen LogP contribution in [0, 0.1) is 5.92 Å². The van der Waals surface area contributed by atoms with Crippen LogP contribution < -0.4 is 5.32 Å². The molecule has 0 bridgehead atoms. The van der Waals surface area contributed by atoms with Crippen molar-refractivity contribution in [3.05, 3.63) is 23.8 Å². The number of hydrogen-bond acceptors (Lipinski definition) is 3. The first-order chi connectivity index (χ1) is 7.83. The zero-order valence-corrected chi connectivity index (χ0v) is 10.5. The van der Waals surface area contributed by atoms with Crippen LogP contribution in [0.4, 0.5) is 5.69 Å². The van der Waals surface area contributed by atoms with E-state index in [4.69, 9.17) is 0 Å². The van der Waals surface area contributed by atoms with E-state index in [2.05, 4.69) is 30.4 Å². The van der Waals surface area contributed by atoms with Crippen molar-refractivity contribution in [3.8, 4) is 0 Å². The van der Waals surface area contributed by atoms with Crippen LogP contribution in [-0.2, 0) is 6.42 Å². The number of aliphatic hydroxyl groups is 1. The Labute approximate surface area is 101 Å². The van der Waals surface area contributed by atoms with Gasteiger partial charge in [-0.05, 0) is 30.0 Å². The summed E-state index contributed by atoms with van der Waals surface area (Å²) in [4.78, 5) is 1.35. The summed E-state index contributed by atoms with van der Waals surface area (Å²) in [5.41, 5.74) is 2.59. The van der Waals surface area contributed by atoms with Crippen LogP contribution in [-0.4, -0.2) is 24.0 Å². The van der Waals surface area contributed by atoms with Gasteiger partial charge in [0, 0.05) is 29.5 Å². The third kappa shape index (κ3) is 2.71. The van der Waals surface area contributed by atoms with Crippen LogP contribution in [0.5, 0.6) is 0 Å². The Bertz CT molecular complexity index is 350. The fourth-order valence-corrected chi connectivity index (χ4v) is 2.86. The van der Waals surface area contributed by atoms with Crippen LogP contribution in [0.1, 0.15) is 18.9 Å². The van der Waals surface area contributed by atoms with E-state index in [0.29, 0.717) is 5.92 Å². The summed E-state index contributed by atoms with van der Waals surface area (Å²) in [6, 6.07) is 6.63. The van der Waals surface area contributed by atoms with Crippen molar-refractivity contribution in [1.82, 2.24) is 0 Å². The lowest BCUT2D eigenvalue weighted by atomic mass is 9.97. The van der Waals surface area contributed by atoms with Crippen molar-refractivity contribution >= 4 is 17.4 Å². The summed E-state index contributed by atoms with van der Waals surface area (Å²) in [6.07, 6.45) is 2.02. The Balaban J connectivity index is 2.10. The van der Waals surface area contributed by atoms with Gasteiger partial charge in [-0.3, -0.25) is 0 Å². The molecule has 1 heterocycles. The van der Waals surface area contributed by atoms with Gasteiger partial charge >= 0.3 is 0 Å². The van der Waals surface area contributed by atoms with Gasteiger partial charge in [-0.15, -0.1) is 11.8 Å². The van der Waals surface area contributed by atoms with E-state index in [1.54, 1.807) is 0 Å². The van der Waals surface area contributed by atoms with Crippen LogP contribution >= 0.6 is 11.8 Å². The molecule has 0 amide bonds. The largest absolute Gasteiger partial charge is 0.396 e. The maximum Gasteiger partial charge on any atom is 0.0481 e. The Morgan fingerprint density at radius 1 is 1.50 bits per heavy atom. The SMILES string of the molecule is CCC(CO)Cc1ccc2c(c1)NCCS2. The van der Waals surface area contributed by atoms with Gasteiger partial charge in [0.1, 0.15) is 0 Å². The van der Waals surface area contributed by atoms with Crippen LogP contribution in [0.25, 0.3) is 0 Å². The zero-order valence-electron chi connectivity index (χ0n) is 9.70. The average Bonchev–Trinajstić information content (AvgIpc) is 2.35. The fraction of sp³-hybridized carbons (Fsp3) is 0.538. The second-order valence-electron chi connectivity index (χ2n) is 4.27. The van der Waals surface area contributed by atoms with Crippen LogP contribution in [0.3, 0.4) is 0 Å². The molecular weight excluding hydrogens is 218 g/mol. The highest BCUT2D eigenvalue weighted by Gasteiger charge is 2.11. The van der Waals surface area contributed by atoms with Gasteiger partial charge in [-0.1, -0.05) is 19.4 Å². The Hall–Kier alpha value is -0.670. The lowest BCUT2D eigenvalue weighted by molar-refractivity contribution is 0.222. The molecule has 2 N–H and O–H groups in total. The van der Waals surface area contributed by atoms with Gasteiger partial charge in [0.25, 0.3) is 0 Å². The van der Waals surface area contributed by atoms with E-state index < -0.39 is 0 Å². The molecule has 0 spiro atoms. The number of thioether (sulfide) groups is 1. The molecule has 0 fully saturated rings. The van der Waals surface area contributed by atoms with E-state index in [1.807, 2.05) is 11.8 Å². The summed E-state index contributed by atoms with van der Waals surface area (Å²) in [6.45, 7) is 3.47. The molecule has 2 rings (SSSR count). The smallest absolute Gasteiger partial charge is 0.0481 e. The van der Waals surface area contributed by atoms with E-state index in [1.165, 1.54) is 16.1 Å². The number of benzene rings is 1. The van der Waals surface area contributed by atoms with Crippen molar-refractivity contribution in [2.75, 3.05) is 24.2 Å². The summed E-state index contributed by atoms with van der Waals surface area (Å²) < 4.78 is 0. The maximum atomic E-state index is 9.21. The molecule has 0 radical (unpaired) electrons. The molecule has 0 saturated heterocycles. The molecule has 0 saturated carbocycles. The second kappa shape index (κ2) is 5.60. The normalized spacial score (nSPS) is 16.4. The quantitative estimate of drug-likeness (QED) is 0.844. The van der Waals surface area contributed by atoms with Crippen molar-refractivity contribution < 1.29 is 5.11 Å². The summed E-state index contributed by atoms with van der Waals surface area (Å²) in [5.74, 6) is 1.55. The topological polar surface area (TPSA) is 32.3 Å². The Kier molecular flexibility index (Phi) is 4.13. The minimum atomic E-state index is 0.287. The highest BCUT2D eigenvalue weighted by Crippen LogP contribution is 2.32. The van der Waals surface area contributed by atoms with Gasteiger partial charge in [-0.2, -0.15) is 0 Å². The van der Waals surface area contributed by atoms with Gasteiger partial charge in [0.2, 0.25) is 0 Å². The fourth-order valence-electron chi connectivity index (χ4n) is 1.99. The van der Waals surface area contributed by atoms with E-state index in [-0.39, 0.29) is 6.61 Å². The molecule has 1 aliphatic rings. The number of fused-ring (bicyclic) bond motifs is 1. The predicted octanol–water partition coefficient (Wildman–Crippen LogP) is 2.77. The molecule has 2 nitrogen and oxygen atoms in total. The minimum Gasteiger partial charge on any atom is -0.396 e. The Morgan fingerprint density at radius 3 is 3.12 bits per heavy atom. The minimum absolute atomic E-state index is 0.287. The lowest BCUT2D eigenvalue weighted by Gasteiger charge is -2.19. The standard InChI is InChI=1S/C13H19NOS/c1-2-10(9-15)7-11-3-4-13-12(8-11)14-5-6-16-13/h3-4,8,10,14-15H,2,5-7,9H2,1H3. The number of nitrogens with one attached hydrogen (secondary N) is 1. The second-order valence-corrected chi connectivity index (χ2v) is 5.40. The number of aliphatic hydroxyl groups excluding tert-OH is 1. The van der Waals surface area contributed by atoms with Crippen molar-refractivity contribution in [1.29, 1.82) is 0 Å². The van der Waals surface area contributed by atoms with E-state index in [0.717, 1.165) is 25.1 Å². The van der Waals surface area contributed by atoms with Crippen LogP contribution in [0.15, 0.2) is 23.1 Å². The molecule has 0 aliphatic carbocycles. The highest BCUT2D eigenvalue weighted by atomic mass is 32.2. The molecule has 0 aromatic heterocycles. The number of rotatable bonds is 4. The average molecular weight is 237 g/mol. The van der Waals surface area contributed by atoms with Gasteiger partial charge in [0.15, 0.2) is 0 Å². The molecular formula is C13H19NOS. The summed E-state index contributed by atoms with van der Waals surface area (Å²) in [5, 5.41) is 12.6. The molecule has 1 atom stereocenters. The summed E-state index contributed by atoms with van der Waals surface area (Å²) in [7, 11) is 0. The van der Waals surface area contributed by atoms with E-state index in [9.17, 15) is 5.11 Å². The van der Waals surface area contributed by atoms with Gasteiger partial charge < -0.3 is 10.4 Å². The van der Waals surface area contributed by atoms with Gasteiger partial charge in [0.05, 0.1) is 0 Å². The molecule has 1 aromatic rings. The first kappa shape index (κ1) is 11.8. The number of anilines is 1. The first-order valence-electron chi connectivity index (χ1n) is 5.94. The molecule has 3 heteroatoms. The Morgan fingerprint density at radius 2 is 2.38 bits per heavy atom. The number of hydrogen-bond donors (Lipinski definition) is 2. The molecule has 1 unspecified atom stereocenters. The molecule has 1 aromatic carbocycles. The first-order valence-corrected chi connectivity index (χ1v) is 6.92. The summed E-state index contributed by atoms with van der Waals surface area (Å²) >= 11 is 1.92. The predicted molar refractivity (Wildman–Crippen MR) is 70.2 cm³/mol. The van der Waals surface area contributed by atoms with Gasteiger partial charge in [-0.25, -0.2) is 0 Å². The third-order valence-electron chi connectivity index (χ3n) is 3.08. The van der Waals surface area contributed by atoms with Crippen molar-refractivity contribution in [2.24, 2.45) is 5.92 Å². The monoisotopic (exact) mass is 237 g/mol. The molecule has 1 aliphatic heterocycles. The molecule has 16 heavy (non-hydrogen) atoms. The molecule has 88 valence electrons. The zero-order chi connectivity index (χ0) is 11.4. The van der Waals surface area contributed by atoms with Crippen LogP contribution in [0.2, 0.25) is 0 Å². The van der Waals surface area contributed by atoms with Crippen molar-refractivity contribution in [3.63, 3.8) is 0 Å².